The Balaban J connectivity index is 2.26. The summed E-state index contributed by atoms with van der Waals surface area (Å²) in [6.45, 7) is 1.60. The van der Waals surface area contributed by atoms with Gasteiger partial charge in [0.2, 0.25) is 0 Å². The molecule has 0 amide bonds. The molecule has 0 unspecified atom stereocenters. The van der Waals surface area contributed by atoms with Crippen molar-refractivity contribution in [1.82, 2.24) is 0 Å². The van der Waals surface area contributed by atoms with Crippen molar-refractivity contribution in [2.75, 3.05) is 7.11 Å². The molecule has 0 N–H and O–H groups in total. The Hall–Kier alpha value is -2.50. The quantitative estimate of drug-likeness (QED) is 0.682. The largest absolute Gasteiger partial charge is 0.488 e. The topological polar surface area (TPSA) is 35.5 Å². The van der Waals surface area contributed by atoms with Crippen molar-refractivity contribution in [2.45, 2.75) is 32.8 Å². The summed E-state index contributed by atoms with van der Waals surface area (Å²) in [6.07, 6.45) is -2.20. The number of halogens is 3. The van der Waals surface area contributed by atoms with E-state index in [9.17, 15) is 18.0 Å². The number of carbonyl (C=O) groups is 1. The molecule has 3 nitrogen and oxygen atoms in total. The molecule has 0 fully saturated rings. The second kappa shape index (κ2) is 8.55. The Kier molecular flexibility index (Phi) is 6.44. The minimum absolute atomic E-state index is 0.000490. The molecule has 0 bridgehead atoms. The summed E-state index contributed by atoms with van der Waals surface area (Å²) in [5.74, 6) is -1.09. The lowest BCUT2D eigenvalue weighted by Crippen LogP contribution is -2.10. The molecule has 0 saturated carbocycles. The van der Waals surface area contributed by atoms with Crippen LogP contribution in [0.1, 0.15) is 35.6 Å². The zero-order valence-corrected chi connectivity index (χ0v) is 14.0. The van der Waals surface area contributed by atoms with Crippen molar-refractivity contribution in [3.8, 4) is 5.75 Å². The van der Waals surface area contributed by atoms with Crippen molar-refractivity contribution in [2.24, 2.45) is 0 Å². The fraction of sp³-hybridized carbons (Fsp3) is 0.316. The van der Waals surface area contributed by atoms with Crippen LogP contribution < -0.4 is 4.74 Å². The molecule has 0 aromatic heterocycles. The fourth-order valence-electron chi connectivity index (χ4n) is 2.43. The average Bonchev–Trinajstić information content (AvgIpc) is 2.60. The molecule has 134 valence electrons. The monoisotopic (exact) mass is 352 g/mol. The second-order valence-corrected chi connectivity index (χ2v) is 5.45. The third-order valence-electron chi connectivity index (χ3n) is 3.87. The minimum atomic E-state index is -2.70. The van der Waals surface area contributed by atoms with E-state index in [0.29, 0.717) is 12.0 Å². The first-order valence-corrected chi connectivity index (χ1v) is 7.83. The zero-order chi connectivity index (χ0) is 18.4. The molecule has 2 aromatic rings. The molecule has 0 heterocycles. The smallest absolute Gasteiger partial charge is 0.309 e. The maximum Gasteiger partial charge on any atom is 0.309 e. The SMILES string of the molecule is CCc1ccc(OCc2c(F)cccc2CC(=O)OC)c(C(F)F)c1. The highest BCUT2D eigenvalue weighted by Crippen LogP contribution is 2.31. The first-order chi connectivity index (χ1) is 12.0. The number of alkyl halides is 2. The predicted molar refractivity (Wildman–Crippen MR) is 87.2 cm³/mol. The van der Waals surface area contributed by atoms with E-state index in [2.05, 4.69) is 4.74 Å². The second-order valence-electron chi connectivity index (χ2n) is 5.45. The van der Waals surface area contributed by atoms with E-state index in [1.165, 1.54) is 31.4 Å². The number of rotatable bonds is 7. The molecule has 25 heavy (non-hydrogen) atoms. The van der Waals surface area contributed by atoms with Gasteiger partial charge < -0.3 is 9.47 Å². The standard InChI is InChI=1S/C19H19F3O3/c1-3-12-7-8-17(14(9-12)19(21)22)25-11-15-13(10-18(23)24-2)5-4-6-16(15)20/h4-9,19H,3,10-11H2,1-2H3. The van der Waals surface area contributed by atoms with E-state index < -0.39 is 18.2 Å². The Morgan fingerprint density at radius 1 is 1.20 bits per heavy atom. The van der Waals surface area contributed by atoms with Gasteiger partial charge in [0, 0.05) is 5.56 Å². The van der Waals surface area contributed by atoms with Crippen LogP contribution >= 0.6 is 0 Å². The molecule has 0 saturated heterocycles. The molecule has 0 radical (unpaired) electrons. The summed E-state index contributed by atoms with van der Waals surface area (Å²) < 4.78 is 50.6. The first kappa shape index (κ1) is 18.8. The van der Waals surface area contributed by atoms with Crippen LogP contribution in [0.3, 0.4) is 0 Å². The van der Waals surface area contributed by atoms with E-state index in [4.69, 9.17) is 4.74 Å². The summed E-state index contributed by atoms with van der Waals surface area (Å²) in [5.41, 5.74) is 1.08. The maximum atomic E-state index is 14.1. The van der Waals surface area contributed by atoms with Gasteiger partial charge in [0.05, 0.1) is 19.1 Å². The molecule has 0 atom stereocenters. The van der Waals surface area contributed by atoms with Gasteiger partial charge in [-0.15, -0.1) is 0 Å². The Morgan fingerprint density at radius 3 is 2.60 bits per heavy atom. The third-order valence-corrected chi connectivity index (χ3v) is 3.87. The van der Waals surface area contributed by atoms with Crippen molar-refractivity contribution in [3.05, 3.63) is 64.5 Å². The van der Waals surface area contributed by atoms with Gasteiger partial charge in [0.1, 0.15) is 18.2 Å². The van der Waals surface area contributed by atoms with Gasteiger partial charge in [0.15, 0.2) is 0 Å². The molecule has 0 aliphatic carbocycles. The van der Waals surface area contributed by atoms with Crippen LogP contribution in [0.5, 0.6) is 5.75 Å². The molecular weight excluding hydrogens is 333 g/mol. The van der Waals surface area contributed by atoms with Crippen LogP contribution in [0.25, 0.3) is 0 Å². The van der Waals surface area contributed by atoms with Crippen LogP contribution in [0, 0.1) is 5.82 Å². The number of ether oxygens (including phenoxy) is 2. The molecule has 2 aromatic carbocycles. The van der Waals surface area contributed by atoms with Crippen LogP contribution in [0.4, 0.5) is 13.2 Å². The van der Waals surface area contributed by atoms with E-state index in [-0.39, 0.29) is 29.9 Å². The number of hydrogen-bond donors (Lipinski definition) is 0. The number of methoxy groups -OCH3 is 1. The van der Waals surface area contributed by atoms with Crippen molar-refractivity contribution >= 4 is 5.97 Å². The Morgan fingerprint density at radius 2 is 1.96 bits per heavy atom. The summed E-state index contributed by atoms with van der Waals surface area (Å²) in [5, 5.41) is 0. The third kappa shape index (κ3) is 4.75. The lowest BCUT2D eigenvalue weighted by molar-refractivity contribution is -0.139. The van der Waals surface area contributed by atoms with Crippen LogP contribution in [-0.4, -0.2) is 13.1 Å². The Bertz CT molecular complexity index is 745. The van der Waals surface area contributed by atoms with Crippen molar-refractivity contribution in [3.63, 3.8) is 0 Å². The van der Waals surface area contributed by atoms with Crippen LogP contribution in [0.2, 0.25) is 0 Å². The number of aryl methyl sites for hydroxylation is 1. The summed E-state index contributed by atoms with van der Waals surface area (Å²) in [6, 6.07) is 8.81. The van der Waals surface area contributed by atoms with E-state index in [0.717, 1.165) is 5.56 Å². The predicted octanol–water partition coefficient (Wildman–Crippen LogP) is 4.62. The van der Waals surface area contributed by atoms with E-state index in [1.807, 2.05) is 6.92 Å². The van der Waals surface area contributed by atoms with E-state index in [1.54, 1.807) is 12.1 Å². The highest BCUT2D eigenvalue weighted by Gasteiger charge is 2.17. The lowest BCUT2D eigenvalue weighted by atomic mass is 10.0. The molecule has 0 spiro atoms. The van der Waals surface area contributed by atoms with Gasteiger partial charge in [-0.05, 0) is 35.7 Å². The molecule has 0 aliphatic rings. The Labute approximate surface area is 144 Å². The van der Waals surface area contributed by atoms with Gasteiger partial charge in [-0.25, -0.2) is 13.2 Å². The molecule has 2 rings (SSSR count). The summed E-state index contributed by atoms with van der Waals surface area (Å²) in [7, 11) is 1.24. The van der Waals surface area contributed by atoms with Crippen molar-refractivity contribution in [1.29, 1.82) is 0 Å². The maximum absolute atomic E-state index is 14.1. The average molecular weight is 352 g/mol. The number of benzene rings is 2. The van der Waals surface area contributed by atoms with Gasteiger partial charge in [-0.2, -0.15) is 0 Å². The van der Waals surface area contributed by atoms with Gasteiger partial charge in [-0.3, -0.25) is 4.79 Å². The highest BCUT2D eigenvalue weighted by atomic mass is 19.3. The van der Waals surface area contributed by atoms with Gasteiger partial charge in [-0.1, -0.05) is 25.1 Å². The zero-order valence-electron chi connectivity index (χ0n) is 14.0. The normalized spacial score (nSPS) is 10.8. The number of hydrogen-bond acceptors (Lipinski definition) is 3. The molecular formula is C19H19F3O3. The summed E-state index contributed by atoms with van der Waals surface area (Å²) in [4.78, 5) is 11.4. The number of esters is 1. The fourth-order valence-corrected chi connectivity index (χ4v) is 2.43. The minimum Gasteiger partial charge on any atom is -0.488 e. The van der Waals surface area contributed by atoms with Crippen LogP contribution in [-0.2, 0) is 29.0 Å². The number of carbonyl (C=O) groups excluding carboxylic acids is 1. The lowest BCUT2D eigenvalue weighted by Gasteiger charge is -2.15. The summed E-state index contributed by atoms with van der Waals surface area (Å²) >= 11 is 0. The van der Waals surface area contributed by atoms with Crippen molar-refractivity contribution < 1.29 is 27.4 Å². The van der Waals surface area contributed by atoms with Gasteiger partial charge >= 0.3 is 5.97 Å². The first-order valence-electron chi connectivity index (χ1n) is 7.83. The van der Waals surface area contributed by atoms with E-state index >= 15 is 0 Å². The highest BCUT2D eigenvalue weighted by molar-refractivity contribution is 5.72. The van der Waals surface area contributed by atoms with Crippen LogP contribution in [0.15, 0.2) is 36.4 Å². The molecule has 6 heteroatoms. The molecule has 0 aliphatic heterocycles. The van der Waals surface area contributed by atoms with Gasteiger partial charge in [0.25, 0.3) is 6.43 Å².